The van der Waals surface area contributed by atoms with Crippen LogP contribution in [0.4, 0.5) is 0 Å². The third-order valence-corrected chi connectivity index (χ3v) is 1.70. The van der Waals surface area contributed by atoms with Crippen molar-refractivity contribution in [2.45, 2.75) is 13.8 Å². The predicted octanol–water partition coefficient (Wildman–Crippen LogP) is 2.32. The maximum Gasteiger partial charge on any atom is 0.135 e. The van der Waals surface area contributed by atoms with Crippen LogP contribution < -0.4 is 0 Å². The Balaban J connectivity index is 2.93. The molecule has 0 atom stereocenters. The average Bonchev–Trinajstić information content (AvgIpc) is 2.05. The molecule has 12 heavy (non-hydrogen) atoms. The van der Waals surface area contributed by atoms with Gasteiger partial charge in [0.15, 0.2) is 0 Å². The summed E-state index contributed by atoms with van der Waals surface area (Å²) in [6.07, 6.45) is 9.80. The summed E-state index contributed by atoms with van der Waals surface area (Å²) in [4.78, 5) is 6.28. The fraction of sp³-hybridized carbons (Fsp3) is 0.300. The van der Waals surface area contributed by atoms with Gasteiger partial charge in [-0.05, 0) is 25.5 Å². The van der Waals surface area contributed by atoms with Crippen molar-refractivity contribution in [3.8, 4) is 0 Å². The summed E-state index contributed by atoms with van der Waals surface area (Å²) >= 11 is 0. The van der Waals surface area contributed by atoms with Gasteiger partial charge in [0, 0.05) is 19.5 Å². The second-order valence-corrected chi connectivity index (χ2v) is 2.74. The van der Waals surface area contributed by atoms with E-state index in [4.69, 9.17) is 0 Å². The van der Waals surface area contributed by atoms with Crippen molar-refractivity contribution in [1.82, 2.24) is 4.90 Å². The van der Waals surface area contributed by atoms with Crippen molar-refractivity contribution in [1.29, 1.82) is 0 Å². The molecule has 64 valence electrons. The van der Waals surface area contributed by atoms with Crippen molar-refractivity contribution in [2.75, 3.05) is 7.05 Å². The van der Waals surface area contributed by atoms with Gasteiger partial charge in [-0.3, -0.25) is 0 Å². The van der Waals surface area contributed by atoms with Crippen LogP contribution in [0.1, 0.15) is 13.8 Å². The van der Waals surface area contributed by atoms with Gasteiger partial charge >= 0.3 is 0 Å². The Morgan fingerprint density at radius 3 is 2.92 bits per heavy atom. The lowest BCUT2D eigenvalue weighted by Gasteiger charge is -2.18. The van der Waals surface area contributed by atoms with E-state index < -0.39 is 0 Å². The van der Waals surface area contributed by atoms with Crippen molar-refractivity contribution in [3.63, 3.8) is 0 Å². The van der Waals surface area contributed by atoms with E-state index in [0.29, 0.717) is 0 Å². The van der Waals surface area contributed by atoms with Crippen molar-refractivity contribution in [3.05, 3.63) is 35.8 Å². The van der Waals surface area contributed by atoms with Crippen LogP contribution in [0.15, 0.2) is 40.8 Å². The molecular weight excluding hydrogens is 148 g/mol. The SMILES string of the molecule is CC=C/C(C)=C1/N=CC=CN1C. The average molecular weight is 162 g/mol. The lowest BCUT2D eigenvalue weighted by Crippen LogP contribution is -2.12. The first kappa shape index (κ1) is 8.78. The van der Waals surface area contributed by atoms with Crippen LogP contribution in [0.3, 0.4) is 0 Å². The first-order valence-corrected chi connectivity index (χ1v) is 4.03. The highest BCUT2D eigenvalue weighted by Gasteiger charge is 2.03. The summed E-state index contributed by atoms with van der Waals surface area (Å²) in [7, 11) is 2.00. The smallest absolute Gasteiger partial charge is 0.135 e. The van der Waals surface area contributed by atoms with E-state index in [-0.39, 0.29) is 0 Å². The summed E-state index contributed by atoms with van der Waals surface area (Å²) in [5, 5.41) is 0. The van der Waals surface area contributed by atoms with Gasteiger partial charge in [-0.2, -0.15) is 0 Å². The number of nitrogens with zero attached hydrogens (tertiary/aromatic N) is 2. The highest BCUT2D eigenvalue weighted by molar-refractivity contribution is 5.73. The van der Waals surface area contributed by atoms with Crippen LogP contribution in [-0.4, -0.2) is 18.2 Å². The number of aliphatic imine (C=N–C) groups is 1. The van der Waals surface area contributed by atoms with E-state index in [1.165, 1.54) is 5.57 Å². The molecular formula is C10H14N2. The lowest BCUT2D eigenvalue weighted by molar-refractivity contribution is 0.553. The van der Waals surface area contributed by atoms with E-state index >= 15 is 0 Å². The lowest BCUT2D eigenvalue weighted by atomic mass is 10.2. The van der Waals surface area contributed by atoms with Gasteiger partial charge in [-0.1, -0.05) is 12.2 Å². The Labute approximate surface area is 73.6 Å². The van der Waals surface area contributed by atoms with Crippen LogP contribution in [0.2, 0.25) is 0 Å². The predicted molar refractivity (Wildman–Crippen MR) is 52.9 cm³/mol. The number of hydrogen-bond acceptors (Lipinski definition) is 2. The van der Waals surface area contributed by atoms with E-state index in [1.807, 2.05) is 43.4 Å². The summed E-state index contributed by atoms with van der Waals surface area (Å²) in [6, 6.07) is 0. The van der Waals surface area contributed by atoms with Gasteiger partial charge in [0.2, 0.25) is 0 Å². The minimum Gasteiger partial charge on any atom is -0.336 e. The molecule has 0 saturated heterocycles. The van der Waals surface area contributed by atoms with Gasteiger partial charge in [-0.15, -0.1) is 0 Å². The molecule has 1 heterocycles. The second-order valence-electron chi connectivity index (χ2n) is 2.74. The van der Waals surface area contributed by atoms with Crippen LogP contribution in [0, 0.1) is 0 Å². The normalized spacial score (nSPS) is 20.8. The van der Waals surface area contributed by atoms with Crippen LogP contribution in [-0.2, 0) is 0 Å². The second kappa shape index (κ2) is 3.90. The summed E-state index contributed by atoms with van der Waals surface area (Å²) < 4.78 is 0. The molecule has 0 N–H and O–H groups in total. The topological polar surface area (TPSA) is 15.6 Å². The van der Waals surface area contributed by atoms with E-state index in [1.54, 1.807) is 0 Å². The van der Waals surface area contributed by atoms with Gasteiger partial charge in [0.25, 0.3) is 0 Å². The maximum atomic E-state index is 4.27. The molecule has 1 aliphatic rings. The molecule has 0 saturated carbocycles. The van der Waals surface area contributed by atoms with Gasteiger partial charge in [-0.25, -0.2) is 4.99 Å². The Kier molecular flexibility index (Phi) is 2.86. The first-order valence-electron chi connectivity index (χ1n) is 4.03. The van der Waals surface area contributed by atoms with E-state index in [0.717, 1.165) is 5.82 Å². The third-order valence-electron chi connectivity index (χ3n) is 1.70. The zero-order valence-corrected chi connectivity index (χ0v) is 7.78. The van der Waals surface area contributed by atoms with Crippen molar-refractivity contribution in [2.24, 2.45) is 4.99 Å². The zero-order chi connectivity index (χ0) is 8.97. The molecule has 0 aromatic heterocycles. The maximum absolute atomic E-state index is 4.27. The summed E-state index contributed by atoms with van der Waals surface area (Å²) in [5.74, 6) is 1.01. The Morgan fingerprint density at radius 1 is 1.58 bits per heavy atom. The monoisotopic (exact) mass is 162 g/mol. The molecule has 0 fully saturated rings. The highest BCUT2D eigenvalue weighted by atomic mass is 15.2. The zero-order valence-electron chi connectivity index (χ0n) is 7.78. The Bertz CT molecular complexity index is 270. The molecule has 0 aromatic rings. The van der Waals surface area contributed by atoms with E-state index in [9.17, 15) is 0 Å². The molecule has 0 spiro atoms. The Morgan fingerprint density at radius 2 is 2.33 bits per heavy atom. The van der Waals surface area contributed by atoms with Gasteiger partial charge < -0.3 is 4.90 Å². The van der Waals surface area contributed by atoms with Crippen LogP contribution >= 0.6 is 0 Å². The molecule has 0 aromatic carbocycles. The molecule has 0 bridgehead atoms. The molecule has 1 aliphatic heterocycles. The molecule has 2 nitrogen and oxygen atoms in total. The third kappa shape index (κ3) is 1.84. The fourth-order valence-electron chi connectivity index (χ4n) is 1.15. The van der Waals surface area contributed by atoms with Gasteiger partial charge in [0.05, 0.1) is 0 Å². The molecule has 0 radical (unpaired) electrons. The first-order chi connectivity index (χ1) is 5.75. The fourth-order valence-corrected chi connectivity index (χ4v) is 1.15. The standard InChI is InChI=1S/C10H14N2/c1-4-6-9(2)10-11-7-5-8-12(10)3/h4-8H,1-3H3/b6-4?,10-9-. The van der Waals surface area contributed by atoms with Crippen molar-refractivity contribution < 1.29 is 0 Å². The summed E-state index contributed by atoms with van der Waals surface area (Å²) in [6.45, 7) is 4.06. The number of hydrogen-bond donors (Lipinski definition) is 0. The molecule has 0 unspecified atom stereocenters. The number of rotatable bonds is 1. The molecule has 1 rings (SSSR count). The number of allylic oxidation sites excluding steroid dienone is 4. The van der Waals surface area contributed by atoms with Crippen LogP contribution in [0.5, 0.6) is 0 Å². The van der Waals surface area contributed by atoms with Gasteiger partial charge in [0.1, 0.15) is 5.82 Å². The van der Waals surface area contributed by atoms with Crippen molar-refractivity contribution >= 4 is 6.21 Å². The molecule has 0 aliphatic carbocycles. The Hall–Kier alpha value is -1.31. The van der Waals surface area contributed by atoms with E-state index in [2.05, 4.69) is 18.0 Å². The quantitative estimate of drug-likeness (QED) is 0.577. The van der Waals surface area contributed by atoms with Crippen LogP contribution in [0.25, 0.3) is 0 Å². The summed E-state index contributed by atoms with van der Waals surface area (Å²) in [5.41, 5.74) is 1.18. The molecule has 2 heteroatoms. The highest BCUT2D eigenvalue weighted by Crippen LogP contribution is 2.13. The minimum atomic E-state index is 1.01. The molecule has 0 amide bonds. The minimum absolute atomic E-state index is 1.01. The largest absolute Gasteiger partial charge is 0.336 e.